The average molecular weight is 215 g/mol. The number of rotatable bonds is 3. The molecular formula is C12H25NO2. The van der Waals surface area contributed by atoms with E-state index in [0.717, 1.165) is 0 Å². The first-order valence-electron chi connectivity index (χ1n) is 5.36. The van der Waals surface area contributed by atoms with Gasteiger partial charge in [0, 0.05) is 20.2 Å². The molecule has 0 spiro atoms. The first kappa shape index (κ1) is 14.4. The molecule has 0 aliphatic heterocycles. The molecule has 90 valence electrons. The molecular weight excluding hydrogens is 190 g/mol. The van der Waals surface area contributed by atoms with Gasteiger partial charge in [-0.3, -0.25) is 4.79 Å². The lowest BCUT2D eigenvalue weighted by atomic mass is 9.86. The third kappa shape index (κ3) is 3.49. The lowest BCUT2D eigenvalue weighted by molar-refractivity contribution is -0.153. The molecule has 15 heavy (non-hydrogen) atoms. The molecule has 1 atom stereocenters. The summed E-state index contributed by atoms with van der Waals surface area (Å²) in [4.78, 5) is 13.9. The van der Waals surface area contributed by atoms with Gasteiger partial charge in [-0.2, -0.15) is 0 Å². The second-order valence-electron chi connectivity index (χ2n) is 5.67. The van der Waals surface area contributed by atoms with Crippen molar-refractivity contribution in [2.24, 2.45) is 5.41 Å². The predicted molar refractivity (Wildman–Crippen MR) is 62.8 cm³/mol. The number of hydrogen-bond donors (Lipinski definition) is 0. The summed E-state index contributed by atoms with van der Waals surface area (Å²) in [7, 11) is 3.40. The summed E-state index contributed by atoms with van der Waals surface area (Å²) in [6, 6.07) is 0.180. The van der Waals surface area contributed by atoms with Crippen LogP contribution in [0.2, 0.25) is 0 Å². The molecule has 0 aromatic heterocycles. The first-order chi connectivity index (χ1) is 6.54. The minimum atomic E-state index is -0.742. The standard InChI is InChI=1S/C12H25NO2/c1-9(11(2,3)4)13(7)10(14)12(5,6)15-8/h9H,1-8H3. The van der Waals surface area contributed by atoms with Gasteiger partial charge in [0.05, 0.1) is 0 Å². The fraction of sp³-hybridized carbons (Fsp3) is 0.917. The van der Waals surface area contributed by atoms with E-state index >= 15 is 0 Å². The van der Waals surface area contributed by atoms with Crippen molar-refractivity contribution in [1.82, 2.24) is 4.90 Å². The summed E-state index contributed by atoms with van der Waals surface area (Å²) in [6.45, 7) is 12.0. The van der Waals surface area contributed by atoms with Crippen molar-refractivity contribution in [3.8, 4) is 0 Å². The zero-order valence-electron chi connectivity index (χ0n) is 11.3. The Morgan fingerprint density at radius 1 is 1.20 bits per heavy atom. The molecule has 1 amide bonds. The van der Waals surface area contributed by atoms with Crippen molar-refractivity contribution >= 4 is 5.91 Å². The highest BCUT2D eigenvalue weighted by molar-refractivity contribution is 5.84. The Labute approximate surface area is 93.8 Å². The second-order valence-corrected chi connectivity index (χ2v) is 5.67. The number of carbonyl (C=O) groups is 1. The van der Waals surface area contributed by atoms with Crippen LogP contribution in [0.15, 0.2) is 0 Å². The molecule has 0 saturated carbocycles. The van der Waals surface area contributed by atoms with Gasteiger partial charge in [0.1, 0.15) is 5.60 Å². The molecule has 0 aromatic carbocycles. The van der Waals surface area contributed by atoms with Crippen molar-refractivity contribution in [1.29, 1.82) is 0 Å². The number of likely N-dealkylation sites (N-methyl/N-ethyl adjacent to an activating group) is 1. The van der Waals surface area contributed by atoms with Crippen LogP contribution in [0.5, 0.6) is 0 Å². The van der Waals surface area contributed by atoms with E-state index in [2.05, 4.69) is 27.7 Å². The molecule has 0 bridgehead atoms. The van der Waals surface area contributed by atoms with Crippen LogP contribution in [0.1, 0.15) is 41.5 Å². The third-order valence-corrected chi connectivity index (χ3v) is 3.18. The Balaban J connectivity index is 4.74. The van der Waals surface area contributed by atoms with Crippen LogP contribution in [-0.2, 0) is 9.53 Å². The molecule has 0 aliphatic carbocycles. The van der Waals surface area contributed by atoms with Crippen molar-refractivity contribution in [2.75, 3.05) is 14.2 Å². The Bertz CT molecular complexity index is 228. The smallest absolute Gasteiger partial charge is 0.254 e. The number of ether oxygens (including phenoxy) is 1. The monoisotopic (exact) mass is 215 g/mol. The fourth-order valence-corrected chi connectivity index (χ4v) is 1.27. The van der Waals surface area contributed by atoms with E-state index in [-0.39, 0.29) is 17.4 Å². The maximum Gasteiger partial charge on any atom is 0.254 e. The van der Waals surface area contributed by atoms with Crippen LogP contribution in [0.25, 0.3) is 0 Å². The van der Waals surface area contributed by atoms with Gasteiger partial charge in [-0.25, -0.2) is 0 Å². The van der Waals surface area contributed by atoms with Crippen molar-refractivity contribution in [2.45, 2.75) is 53.2 Å². The molecule has 0 radical (unpaired) electrons. The minimum Gasteiger partial charge on any atom is -0.369 e. The highest BCUT2D eigenvalue weighted by Crippen LogP contribution is 2.25. The van der Waals surface area contributed by atoms with Crippen LogP contribution in [0.4, 0.5) is 0 Å². The van der Waals surface area contributed by atoms with Crippen LogP contribution in [0, 0.1) is 5.41 Å². The summed E-state index contributed by atoms with van der Waals surface area (Å²) in [5.41, 5.74) is -0.664. The van der Waals surface area contributed by atoms with E-state index in [4.69, 9.17) is 4.74 Å². The van der Waals surface area contributed by atoms with Gasteiger partial charge in [0.2, 0.25) is 0 Å². The zero-order valence-corrected chi connectivity index (χ0v) is 11.3. The Hall–Kier alpha value is -0.570. The van der Waals surface area contributed by atoms with Gasteiger partial charge in [-0.15, -0.1) is 0 Å². The van der Waals surface area contributed by atoms with Crippen molar-refractivity contribution in [3.63, 3.8) is 0 Å². The van der Waals surface area contributed by atoms with E-state index in [1.54, 1.807) is 25.9 Å². The summed E-state index contributed by atoms with van der Waals surface area (Å²) in [5, 5.41) is 0. The van der Waals surface area contributed by atoms with Crippen molar-refractivity contribution in [3.05, 3.63) is 0 Å². The largest absolute Gasteiger partial charge is 0.369 e. The minimum absolute atomic E-state index is 0.0208. The molecule has 0 fully saturated rings. The SMILES string of the molecule is COC(C)(C)C(=O)N(C)C(C)C(C)(C)C. The van der Waals surface area contributed by atoms with E-state index in [1.807, 2.05) is 7.05 Å². The van der Waals surface area contributed by atoms with E-state index in [1.165, 1.54) is 0 Å². The van der Waals surface area contributed by atoms with Gasteiger partial charge < -0.3 is 9.64 Å². The molecule has 3 heteroatoms. The van der Waals surface area contributed by atoms with Crippen molar-refractivity contribution < 1.29 is 9.53 Å². The van der Waals surface area contributed by atoms with Gasteiger partial charge >= 0.3 is 0 Å². The van der Waals surface area contributed by atoms with Crippen LogP contribution in [-0.4, -0.2) is 36.6 Å². The number of hydrogen-bond acceptors (Lipinski definition) is 2. The van der Waals surface area contributed by atoms with Gasteiger partial charge in [-0.05, 0) is 26.2 Å². The summed E-state index contributed by atoms with van der Waals surface area (Å²) in [5.74, 6) is 0.0208. The molecule has 0 saturated heterocycles. The van der Waals surface area contributed by atoms with E-state index in [0.29, 0.717) is 0 Å². The number of carbonyl (C=O) groups excluding carboxylic acids is 1. The highest BCUT2D eigenvalue weighted by Gasteiger charge is 2.35. The summed E-state index contributed by atoms with van der Waals surface area (Å²) >= 11 is 0. The fourth-order valence-electron chi connectivity index (χ4n) is 1.27. The van der Waals surface area contributed by atoms with Crippen LogP contribution in [0.3, 0.4) is 0 Å². The lowest BCUT2D eigenvalue weighted by Gasteiger charge is -2.38. The lowest BCUT2D eigenvalue weighted by Crippen LogP contribution is -2.51. The third-order valence-electron chi connectivity index (χ3n) is 3.18. The topological polar surface area (TPSA) is 29.5 Å². The summed E-state index contributed by atoms with van der Waals surface area (Å²) < 4.78 is 5.19. The number of nitrogens with zero attached hydrogens (tertiary/aromatic N) is 1. The molecule has 3 nitrogen and oxygen atoms in total. The van der Waals surface area contributed by atoms with Gasteiger partial charge in [-0.1, -0.05) is 20.8 Å². The maximum absolute atomic E-state index is 12.1. The maximum atomic E-state index is 12.1. The highest BCUT2D eigenvalue weighted by atomic mass is 16.5. The zero-order chi connectivity index (χ0) is 12.4. The molecule has 0 N–H and O–H groups in total. The molecule has 0 rings (SSSR count). The Morgan fingerprint density at radius 3 is 1.87 bits per heavy atom. The molecule has 1 unspecified atom stereocenters. The first-order valence-corrected chi connectivity index (χ1v) is 5.36. The number of methoxy groups -OCH3 is 1. The Kier molecular flexibility index (Phi) is 4.35. The molecule has 0 aromatic rings. The Morgan fingerprint density at radius 2 is 1.60 bits per heavy atom. The van der Waals surface area contributed by atoms with Gasteiger partial charge in [0.25, 0.3) is 5.91 Å². The second kappa shape index (κ2) is 4.52. The van der Waals surface area contributed by atoms with E-state index in [9.17, 15) is 4.79 Å². The normalized spacial score (nSPS) is 14.9. The predicted octanol–water partition coefficient (Wildman–Crippen LogP) is 2.30. The average Bonchev–Trinajstić information content (AvgIpc) is 2.12. The number of amides is 1. The van der Waals surface area contributed by atoms with Crippen LogP contribution >= 0.6 is 0 Å². The molecule has 0 heterocycles. The summed E-state index contributed by atoms with van der Waals surface area (Å²) in [6.07, 6.45) is 0. The van der Waals surface area contributed by atoms with Crippen LogP contribution < -0.4 is 0 Å². The van der Waals surface area contributed by atoms with E-state index < -0.39 is 5.60 Å². The van der Waals surface area contributed by atoms with Gasteiger partial charge in [0.15, 0.2) is 0 Å². The molecule has 0 aliphatic rings. The quantitative estimate of drug-likeness (QED) is 0.723.